The summed E-state index contributed by atoms with van der Waals surface area (Å²) < 4.78 is 0. The smallest absolute Gasteiger partial charge is 0.0673 e. The summed E-state index contributed by atoms with van der Waals surface area (Å²) in [6.45, 7) is 6.45. The Morgan fingerprint density at radius 2 is 2.31 bits per heavy atom. The second-order valence-electron chi connectivity index (χ2n) is 4.64. The van der Waals surface area contributed by atoms with Crippen molar-refractivity contribution in [1.82, 2.24) is 9.88 Å². The highest BCUT2D eigenvalue weighted by molar-refractivity contribution is 5.17. The molecule has 1 aliphatic heterocycles. The highest BCUT2D eigenvalue weighted by atomic mass is 15.2. The number of nitrogens with two attached hydrogens (primary N) is 1. The van der Waals surface area contributed by atoms with E-state index in [-0.39, 0.29) is 6.04 Å². The van der Waals surface area contributed by atoms with Crippen LogP contribution in [-0.4, -0.2) is 29.0 Å². The number of rotatable bonds is 2. The standard InChI is InChI=1S/C13H21N3/c1-3-16-8-4-5-11(14)13(16)12-7-6-10(2)9-15-12/h6-7,9,11,13H,3-5,8,14H2,1-2H3. The zero-order chi connectivity index (χ0) is 11.5. The van der Waals surface area contributed by atoms with E-state index in [0.717, 1.165) is 25.2 Å². The van der Waals surface area contributed by atoms with E-state index in [4.69, 9.17) is 5.73 Å². The van der Waals surface area contributed by atoms with E-state index in [9.17, 15) is 0 Å². The normalized spacial score (nSPS) is 26.9. The molecule has 0 amide bonds. The Morgan fingerprint density at radius 1 is 1.50 bits per heavy atom. The number of likely N-dealkylation sites (tertiary alicyclic amines) is 1. The van der Waals surface area contributed by atoms with Gasteiger partial charge in [-0.05, 0) is 44.5 Å². The first-order valence-corrected chi connectivity index (χ1v) is 6.14. The quantitative estimate of drug-likeness (QED) is 0.825. The van der Waals surface area contributed by atoms with Crippen LogP contribution in [0.25, 0.3) is 0 Å². The summed E-state index contributed by atoms with van der Waals surface area (Å²) in [5.74, 6) is 0. The molecule has 2 unspecified atom stereocenters. The molecule has 2 atom stereocenters. The molecule has 1 fully saturated rings. The summed E-state index contributed by atoms with van der Waals surface area (Å²) in [5.41, 5.74) is 8.56. The van der Waals surface area contributed by atoms with Gasteiger partial charge in [0.15, 0.2) is 0 Å². The lowest BCUT2D eigenvalue weighted by Gasteiger charge is -2.38. The van der Waals surface area contributed by atoms with Gasteiger partial charge in [0.2, 0.25) is 0 Å². The molecule has 0 saturated carbocycles. The number of likely N-dealkylation sites (N-methyl/N-ethyl adjacent to an activating group) is 1. The van der Waals surface area contributed by atoms with Gasteiger partial charge in [0.05, 0.1) is 11.7 Å². The Kier molecular flexibility index (Phi) is 3.56. The van der Waals surface area contributed by atoms with Gasteiger partial charge < -0.3 is 5.73 Å². The summed E-state index contributed by atoms with van der Waals surface area (Å²) >= 11 is 0. The lowest BCUT2D eigenvalue weighted by Crippen LogP contribution is -2.46. The fourth-order valence-electron chi connectivity index (χ4n) is 2.51. The molecular formula is C13H21N3. The predicted octanol–water partition coefficient (Wildman–Crippen LogP) is 1.87. The minimum absolute atomic E-state index is 0.226. The largest absolute Gasteiger partial charge is 0.326 e. The predicted molar refractivity (Wildman–Crippen MR) is 66.2 cm³/mol. The van der Waals surface area contributed by atoms with Crippen LogP contribution in [-0.2, 0) is 0 Å². The van der Waals surface area contributed by atoms with E-state index in [0.29, 0.717) is 6.04 Å². The van der Waals surface area contributed by atoms with E-state index in [1.54, 1.807) is 0 Å². The number of pyridine rings is 1. The Labute approximate surface area is 97.7 Å². The van der Waals surface area contributed by atoms with Crippen LogP contribution < -0.4 is 5.73 Å². The maximum absolute atomic E-state index is 6.23. The molecule has 1 aliphatic rings. The van der Waals surface area contributed by atoms with Crippen molar-refractivity contribution in [2.75, 3.05) is 13.1 Å². The van der Waals surface area contributed by atoms with E-state index in [2.05, 4.69) is 35.9 Å². The second-order valence-corrected chi connectivity index (χ2v) is 4.64. The van der Waals surface area contributed by atoms with Gasteiger partial charge in [0.25, 0.3) is 0 Å². The number of piperidine rings is 1. The molecule has 0 aromatic carbocycles. The van der Waals surface area contributed by atoms with Crippen molar-refractivity contribution in [1.29, 1.82) is 0 Å². The third kappa shape index (κ3) is 2.25. The maximum Gasteiger partial charge on any atom is 0.0673 e. The van der Waals surface area contributed by atoms with Crippen LogP contribution in [0.4, 0.5) is 0 Å². The Bertz CT molecular complexity index is 334. The highest BCUT2D eigenvalue weighted by Gasteiger charge is 2.29. The summed E-state index contributed by atoms with van der Waals surface area (Å²) in [4.78, 5) is 6.97. The van der Waals surface area contributed by atoms with Gasteiger partial charge in [-0.3, -0.25) is 9.88 Å². The van der Waals surface area contributed by atoms with Gasteiger partial charge in [-0.25, -0.2) is 0 Å². The number of hydrogen-bond acceptors (Lipinski definition) is 3. The number of nitrogens with zero attached hydrogens (tertiary/aromatic N) is 2. The number of aryl methyl sites for hydroxylation is 1. The molecule has 3 nitrogen and oxygen atoms in total. The molecule has 88 valence electrons. The van der Waals surface area contributed by atoms with Gasteiger partial charge in [-0.1, -0.05) is 13.0 Å². The fourth-order valence-corrected chi connectivity index (χ4v) is 2.51. The topological polar surface area (TPSA) is 42.1 Å². The van der Waals surface area contributed by atoms with Crippen LogP contribution in [0.2, 0.25) is 0 Å². The summed E-state index contributed by atoms with van der Waals surface area (Å²) in [5, 5.41) is 0. The third-order valence-electron chi connectivity index (χ3n) is 3.43. The molecule has 3 heteroatoms. The third-order valence-corrected chi connectivity index (χ3v) is 3.43. The number of hydrogen-bond donors (Lipinski definition) is 1. The first-order chi connectivity index (χ1) is 7.72. The Hall–Kier alpha value is -0.930. The van der Waals surface area contributed by atoms with E-state index >= 15 is 0 Å². The molecule has 0 radical (unpaired) electrons. The van der Waals surface area contributed by atoms with Crippen LogP contribution in [0, 0.1) is 6.92 Å². The van der Waals surface area contributed by atoms with Crippen molar-refractivity contribution in [2.24, 2.45) is 5.73 Å². The molecule has 0 spiro atoms. The molecule has 1 saturated heterocycles. The maximum atomic E-state index is 6.23. The fraction of sp³-hybridized carbons (Fsp3) is 0.615. The van der Waals surface area contributed by atoms with Crippen molar-refractivity contribution < 1.29 is 0 Å². The zero-order valence-electron chi connectivity index (χ0n) is 10.2. The first kappa shape index (κ1) is 11.6. The van der Waals surface area contributed by atoms with Crippen molar-refractivity contribution in [3.63, 3.8) is 0 Å². The highest BCUT2D eigenvalue weighted by Crippen LogP contribution is 2.28. The molecule has 2 N–H and O–H groups in total. The molecule has 1 aromatic heterocycles. The van der Waals surface area contributed by atoms with Gasteiger partial charge >= 0.3 is 0 Å². The van der Waals surface area contributed by atoms with Crippen LogP contribution in [0.1, 0.15) is 37.1 Å². The van der Waals surface area contributed by atoms with Crippen LogP contribution in [0.15, 0.2) is 18.3 Å². The number of aromatic nitrogens is 1. The minimum Gasteiger partial charge on any atom is -0.326 e. The van der Waals surface area contributed by atoms with Crippen LogP contribution in [0.5, 0.6) is 0 Å². The molecule has 0 bridgehead atoms. The van der Waals surface area contributed by atoms with Gasteiger partial charge in [-0.15, -0.1) is 0 Å². The van der Waals surface area contributed by atoms with Crippen LogP contribution in [0.3, 0.4) is 0 Å². The lowest BCUT2D eigenvalue weighted by atomic mass is 9.94. The second kappa shape index (κ2) is 4.93. The average molecular weight is 219 g/mol. The van der Waals surface area contributed by atoms with E-state index in [1.165, 1.54) is 12.0 Å². The van der Waals surface area contributed by atoms with Gasteiger partial charge in [0, 0.05) is 12.2 Å². The monoisotopic (exact) mass is 219 g/mol. The van der Waals surface area contributed by atoms with Crippen LogP contribution >= 0.6 is 0 Å². The zero-order valence-corrected chi connectivity index (χ0v) is 10.2. The molecule has 2 heterocycles. The molecule has 0 aliphatic carbocycles. The van der Waals surface area contributed by atoms with Crippen molar-refractivity contribution in [2.45, 2.75) is 38.8 Å². The van der Waals surface area contributed by atoms with E-state index < -0.39 is 0 Å². The van der Waals surface area contributed by atoms with Crippen molar-refractivity contribution in [3.8, 4) is 0 Å². The van der Waals surface area contributed by atoms with Crippen molar-refractivity contribution >= 4 is 0 Å². The van der Waals surface area contributed by atoms with Gasteiger partial charge in [-0.2, -0.15) is 0 Å². The van der Waals surface area contributed by atoms with E-state index in [1.807, 2.05) is 6.20 Å². The lowest BCUT2D eigenvalue weighted by molar-refractivity contribution is 0.132. The summed E-state index contributed by atoms with van der Waals surface area (Å²) in [7, 11) is 0. The SMILES string of the molecule is CCN1CCCC(N)C1c1ccc(C)cn1. The minimum atomic E-state index is 0.226. The van der Waals surface area contributed by atoms with Crippen molar-refractivity contribution in [3.05, 3.63) is 29.6 Å². The average Bonchev–Trinajstić information content (AvgIpc) is 2.30. The first-order valence-electron chi connectivity index (χ1n) is 6.14. The molecule has 16 heavy (non-hydrogen) atoms. The molecular weight excluding hydrogens is 198 g/mol. The Morgan fingerprint density at radius 3 is 2.94 bits per heavy atom. The summed E-state index contributed by atoms with van der Waals surface area (Å²) in [6.07, 6.45) is 4.25. The van der Waals surface area contributed by atoms with Gasteiger partial charge in [0.1, 0.15) is 0 Å². The molecule has 2 rings (SSSR count). The Balaban J connectivity index is 2.24. The molecule has 1 aromatic rings. The summed E-state index contributed by atoms with van der Waals surface area (Å²) in [6, 6.07) is 4.77.